The summed E-state index contributed by atoms with van der Waals surface area (Å²) in [6, 6.07) is 8.90. The van der Waals surface area contributed by atoms with Gasteiger partial charge in [0.1, 0.15) is 0 Å². The molecule has 1 atom stereocenters. The molecule has 1 aliphatic rings. The van der Waals surface area contributed by atoms with Crippen LogP contribution in [0.3, 0.4) is 0 Å². The molecule has 1 aromatic heterocycles. The summed E-state index contributed by atoms with van der Waals surface area (Å²) in [4.78, 5) is 20.0. The first-order valence-corrected chi connectivity index (χ1v) is 12.2. The van der Waals surface area contributed by atoms with Crippen LogP contribution >= 0.6 is 11.3 Å². The van der Waals surface area contributed by atoms with Crippen molar-refractivity contribution in [3.8, 4) is 0 Å². The van der Waals surface area contributed by atoms with Crippen LogP contribution in [0.15, 0.2) is 29.6 Å². The highest BCUT2D eigenvalue weighted by atomic mass is 32.1. The third-order valence-electron chi connectivity index (χ3n) is 5.96. The van der Waals surface area contributed by atoms with E-state index < -0.39 is 0 Å². The van der Waals surface area contributed by atoms with Gasteiger partial charge in [-0.25, -0.2) is 4.98 Å². The minimum Gasteiger partial charge on any atom is -0.349 e. The summed E-state index contributed by atoms with van der Waals surface area (Å²) in [6.07, 6.45) is 2.94. The number of hydrogen-bond acceptors (Lipinski definition) is 4. The van der Waals surface area contributed by atoms with Crippen molar-refractivity contribution in [1.29, 1.82) is 0 Å². The van der Waals surface area contributed by atoms with Gasteiger partial charge in [0.25, 0.3) is 0 Å². The molecule has 1 N–H and O–H groups in total. The zero-order valence-corrected chi connectivity index (χ0v) is 20.0. The summed E-state index contributed by atoms with van der Waals surface area (Å²) >= 11 is 1.71. The number of amides is 1. The number of nitrogens with one attached hydrogen (secondary N) is 1. The summed E-state index contributed by atoms with van der Waals surface area (Å²) in [5.41, 5.74) is 3.73. The van der Waals surface area contributed by atoms with Crippen molar-refractivity contribution in [3.63, 3.8) is 0 Å². The van der Waals surface area contributed by atoms with Crippen LogP contribution in [0.2, 0.25) is 0 Å². The van der Waals surface area contributed by atoms with Gasteiger partial charge in [0.05, 0.1) is 16.7 Å². The zero-order valence-electron chi connectivity index (χ0n) is 19.1. The molecular weight excluding hydrogens is 390 g/mol. The first-order chi connectivity index (χ1) is 14.3. The number of piperidine rings is 1. The summed E-state index contributed by atoms with van der Waals surface area (Å²) in [5, 5.41) is 6.63. The van der Waals surface area contributed by atoms with Crippen molar-refractivity contribution in [1.82, 2.24) is 15.2 Å². The Bertz CT molecular complexity index is 804. The van der Waals surface area contributed by atoms with Gasteiger partial charge >= 0.3 is 0 Å². The number of aryl methyl sites for hydroxylation is 1. The second kappa shape index (κ2) is 10.5. The van der Waals surface area contributed by atoms with Crippen LogP contribution in [0.4, 0.5) is 0 Å². The third kappa shape index (κ3) is 6.39. The second-order valence-corrected chi connectivity index (χ2v) is 10.5. The normalized spacial score (nSPS) is 16.9. The maximum Gasteiger partial charge on any atom is 0.223 e. The summed E-state index contributed by atoms with van der Waals surface area (Å²) < 4.78 is 0. The maximum absolute atomic E-state index is 13.0. The van der Waals surface area contributed by atoms with E-state index in [9.17, 15) is 4.79 Å². The van der Waals surface area contributed by atoms with Gasteiger partial charge in [-0.05, 0) is 62.2 Å². The first-order valence-electron chi connectivity index (χ1n) is 11.3. The molecule has 0 radical (unpaired) electrons. The van der Waals surface area contributed by atoms with E-state index in [1.54, 1.807) is 11.3 Å². The molecule has 2 heterocycles. The molecule has 1 fully saturated rings. The fraction of sp³-hybridized carbons (Fsp3) is 0.600. The van der Waals surface area contributed by atoms with Crippen molar-refractivity contribution in [3.05, 3.63) is 51.5 Å². The molecule has 164 valence electrons. The molecule has 3 rings (SSSR count). The highest BCUT2D eigenvalue weighted by Gasteiger charge is 2.28. The van der Waals surface area contributed by atoms with Crippen LogP contribution < -0.4 is 5.32 Å². The Labute approximate surface area is 186 Å². The fourth-order valence-electron chi connectivity index (χ4n) is 4.30. The van der Waals surface area contributed by atoms with Crippen LogP contribution in [0, 0.1) is 24.7 Å². The Balaban J connectivity index is 1.54. The molecule has 4 nitrogen and oxygen atoms in total. The number of carbonyl (C=O) groups is 1. The van der Waals surface area contributed by atoms with Crippen LogP contribution in [0.1, 0.15) is 68.4 Å². The Morgan fingerprint density at radius 3 is 2.37 bits per heavy atom. The molecule has 0 saturated carbocycles. The number of nitrogens with zero attached hydrogens (tertiary/aromatic N) is 2. The average molecular weight is 428 g/mol. The summed E-state index contributed by atoms with van der Waals surface area (Å²) in [6.45, 7) is 13.7. The number of carbonyl (C=O) groups excluding carboxylic acids is 1. The number of likely N-dealkylation sites (tertiary alicyclic amines) is 1. The van der Waals surface area contributed by atoms with E-state index in [2.05, 4.69) is 72.5 Å². The molecule has 0 aliphatic carbocycles. The van der Waals surface area contributed by atoms with Gasteiger partial charge in [-0.1, -0.05) is 52.0 Å². The van der Waals surface area contributed by atoms with E-state index in [4.69, 9.17) is 0 Å². The van der Waals surface area contributed by atoms with Crippen molar-refractivity contribution < 1.29 is 4.79 Å². The lowest BCUT2D eigenvalue weighted by molar-refractivity contribution is -0.127. The highest BCUT2D eigenvalue weighted by molar-refractivity contribution is 7.09. The Morgan fingerprint density at radius 2 is 1.83 bits per heavy atom. The number of hydrogen-bond donors (Lipinski definition) is 1. The standard InChI is InChI=1S/C25H37N3OS/c1-17(2)14-20-6-8-21(9-7-20)24(18(3)4)27-25(29)22-10-12-28(13-11-22)15-23-16-30-19(5)26-23/h6-9,16-18,22,24H,10-15H2,1-5H3,(H,27,29). The molecule has 1 amide bonds. The van der Waals surface area contributed by atoms with Crippen LogP contribution in [0.5, 0.6) is 0 Å². The van der Waals surface area contributed by atoms with Crippen molar-refractivity contribution in [2.75, 3.05) is 13.1 Å². The van der Waals surface area contributed by atoms with Gasteiger partial charge < -0.3 is 5.32 Å². The van der Waals surface area contributed by atoms with E-state index in [1.165, 1.54) is 11.1 Å². The minimum absolute atomic E-state index is 0.0709. The van der Waals surface area contributed by atoms with E-state index in [0.29, 0.717) is 11.8 Å². The van der Waals surface area contributed by atoms with Gasteiger partial charge in [0, 0.05) is 17.8 Å². The fourth-order valence-corrected chi connectivity index (χ4v) is 4.91. The highest BCUT2D eigenvalue weighted by Crippen LogP contribution is 2.26. The maximum atomic E-state index is 13.0. The second-order valence-electron chi connectivity index (χ2n) is 9.48. The predicted molar refractivity (Wildman–Crippen MR) is 126 cm³/mol. The number of benzene rings is 1. The van der Waals surface area contributed by atoms with Crippen LogP contribution in [-0.2, 0) is 17.8 Å². The van der Waals surface area contributed by atoms with Crippen molar-refractivity contribution in [2.45, 2.75) is 66.5 Å². The van der Waals surface area contributed by atoms with Gasteiger partial charge in [-0.15, -0.1) is 11.3 Å². The van der Waals surface area contributed by atoms with Gasteiger partial charge in [0.15, 0.2) is 0 Å². The Hall–Kier alpha value is -1.72. The average Bonchev–Trinajstić information content (AvgIpc) is 3.11. The first kappa shape index (κ1) is 23.0. The summed E-state index contributed by atoms with van der Waals surface area (Å²) in [5.74, 6) is 1.34. The molecular formula is C25H37N3OS. The molecule has 0 spiro atoms. The van der Waals surface area contributed by atoms with Gasteiger partial charge in [-0.3, -0.25) is 9.69 Å². The van der Waals surface area contributed by atoms with E-state index in [-0.39, 0.29) is 17.9 Å². The van der Waals surface area contributed by atoms with Crippen LogP contribution in [-0.4, -0.2) is 28.9 Å². The number of rotatable bonds is 8. The smallest absolute Gasteiger partial charge is 0.223 e. The van der Waals surface area contributed by atoms with E-state index in [1.807, 2.05) is 6.92 Å². The quantitative estimate of drug-likeness (QED) is 0.615. The van der Waals surface area contributed by atoms with Gasteiger partial charge in [-0.2, -0.15) is 0 Å². The largest absolute Gasteiger partial charge is 0.349 e. The van der Waals surface area contributed by atoms with E-state index >= 15 is 0 Å². The number of aromatic nitrogens is 1. The van der Waals surface area contributed by atoms with Crippen molar-refractivity contribution >= 4 is 17.2 Å². The molecule has 5 heteroatoms. The third-order valence-corrected chi connectivity index (χ3v) is 6.78. The van der Waals surface area contributed by atoms with Gasteiger partial charge in [0.2, 0.25) is 5.91 Å². The van der Waals surface area contributed by atoms with E-state index in [0.717, 1.165) is 49.6 Å². The lowest BCUT2D eigenvalue weighted by Crippen LogP contribution is -2.42. The molecule has 0 bridgehead atoms. The van der Waals surface area contributed by atoms with Crippen molar-refractivity contribution in [2.24, 2.45) is 17.8 Å². The Morgan fingerprint density at radius 1 is 1.17 bits per heavy atom. The van der Waals surface area contributed by atoms with Crippen LogP contribution in [0.25, 0.3) is 0 Å². The molecule has 2 aromatic rings. The molecule has 1 aliphatic heterocycles. The lowest BCUT2D eigenvalue weighted by atomic mass is 9.91. The SMILES string of the molecule is Cc1nc(CN2CCC(C(=O)NC(c3ccc(CC(C)C)cc3)C(C)C)CC2)cs1. The monoisotopic (exact) mass is 427 g/mol. The minimum atomic E-state index is 0.0709. The zero-order chi connectivity index (χ0) is 21.7. The number of thiazole rings is 1. The predicted octanol–water partition coefficient (Wildman–Crippen LogP) is 5.38. The Kier molecular flexibility index (Phi) is 8.06. The lowest BCUT2D eigenvalue weighted by Gasteiger charge is -2.32. The summed E-state index contributed by atoms with van der Waals surface area (Å²) in [7, 11) is 0. The molecule has 1 unspecified atom stereocenters. The molecule has 1 aromatic carbocycles. The molecule has 30 heavy (non-hydrogen) atoms. The topological polar surface area (TPSA) is 45.2 Å². The molecule has 1 saturated heterocycles.